The molecule has 0 heterocycles. The van der Waals surface area contributed by atoms with Gasteiger partial charge in [-0.05, 0) is 37.3 Å². The molecule has 0 saturated heterocycles. The maximum absolute atomic E-state index is 12.1. The molecule has 2 aromatic rings. The number of esters is 1. The van der Waals surface area contributed by atoms with Crippen molar-refractivity contribution in [1.29, 1.82) is 5.26 Å². The minimum Gasteiger partial charge on any atom is -0.482 e. The molecule has 2 aromatic carbocycles. The average Bonchev–Trinajstić information content (AvgIpc) is 2.67. The molecule has 1 atom stereocenters. The second-order valence-electron chi connectivity index (χ2n) is 5.32. The maximum Gasteiger partial charge on any atom is 0.344 e. The van der Waals surface area contributed by atoms with E-state index in [0.29, 0.717) is 11.3 Å². The lowest BCUT2D eigenvalue weighted by Gasteiger charge is -2.14. The van der Waals surface area contributed by atoms with Crippen LogP contribution in [0.1, 0.15) is 12.5 Å². The summed E-state index contributed by atoms with van der Waals surface area (Å²) < 4.78 is 10.2. The maximum atomic E-state index is 12.1. The lowest BCUT2D eigenvalue weighted by molar-refractivity contribution is -0.383. The van der Waals surface area contributed by atoms with Gasteiger partial charge in [-0.3, -0.25) is 14.9 Å². The lowest BCUT2D eigenvalue weighted by atomic mass is 10.2. The molecule has 0 aromatic heterocycles. The van der Waals surface area contributed by atoms with E-state index in [9.17, 15) is 19.7 Å². The van der Waals surface area contributed by atoms with Crippen LogP contribution in [0.25, 0.3) is 0 Å². The summed E-state index contributed by atoms with van der Waals surface area (Å²) in [6, 6.07) is 13.7. The monoisotopic (exact) mass is 369 g/mol. The molecule has 0 fully saturated rings. The van der Waals surface area contributed by atoms with Crippen LogP contribution in [-0.2, 0) is 14.3 Å². The van der Waals surface area contributed by atoms with Crippen LogP contribution in [0, 0.1) is 21.4 Å². The smallest absolute Gasteiger partial charge is 0.344 e. The second-order valence-corrected chi connectivity index (χ2v) is 5.32. The summed E-state index contributed by atoms with van der Waals surface area (Å²) in [6.45, 7) is 0.902. The number of carbonyl (C=O) groups is 2. The lowest BCUT2D eigenvalue weighted by Crippen LogP contribution is -2.31. The predicted molar refractivity (Wildman–Crippen MR) is 93.9 cm³/mol. The normalized spacial score (nSPS) is 11.0. The van der Waals surface area contributed by atoms with Gasteiger partial charge in [0.05, 0.1) is 16.6 Å². The van der Waals surface area contributed by atoms with Gasteiger partial charge in [-0.2, -0.15) is 5.26 Å². The van der Waals surface area contributed by atoms with Crippen LogP contribution in [-0.4, -0.2) is 29.5 Å². The van der Waals surface area contributed by atoms with E-state index < -0.39 is 29.5 Å². The second kappa shape index (κ2) is 8.96. The highest BCUT2D eigenvalue weighted by molar-refractivity contribution is 5.96. The fourth-order valence-electron chi connectivity index (χ4n) is 2.03. The van der Waals surface area contributed by atoms with Gasteiger partial charge in [0, 0.05) is 6.07 Å². The molecule has 0 aliphatic rings. The third kappa shape index (κ3) is 5.54. The fourth-order valence-corrected chi connectivity index (χ4v) is 2.03. The first-order chi connectivity index (χ1) is 12.9. The van der Waals surface area contributed by atoms with Crippen LogP contribution in [0.3, 0.4) is 0 Å². The Morgan fingerprint density at radius 3 is 2.52 bits per heavy atom. The number of hydrogen-bond acceptors (Lipinski definition) is 7. The minimum absolute atomic E-state index is 0.00392. The van der Waals surface area contributed by atoms with Crippen molar-refractivity contribution >= 4 is 23.3 Å². The first-order valence-electron chi connectivity index (χ1n) is 7.77. The number of nitriles is 1. The summed E-state index contributed by atoms with van der Waals surface area (Å²) in [5.74, 6) is -1.14. The number of amides is 1. The van der Waals surface area contributed by atoms with Gasteiger partial charge in [-0.25, -0.2) is 4.79 Å². The van der Waals surface area contributed by atoms with E-state index >= 15 is 0 Å². The van der Waals surface area contributed by atoms with Crippen LogP contribution in [0.15, 0.2) is 48.5 Å². The molecule has 0 aliphatic carbocycles. The van der Waals surface area contributed by atoms with Crippen LogP contribution < -0.4 is 10.1 Å². The third-order valence-electron chi connectivity index (χ3n) is 3.38. The Bertz CT molecular complexity index is 889. The Hall–Kier alpha value is -3.93. The van der Waals surface area contributed by atoms with E-state index in [1.165, 1.54) is 55.5 Å². The van der Waals surface area contributed by atoms with Gasteiger partial charge >= 0.3 is 5.97 Å². The van der Waals surface area contributed by atoms with Crippen LogP contribution in [0.5, 0.6) is 5.75 Å². The molecule has 0 aliphatic heterocycles. The third-order valence-corrected chi connectivity index (χ3v) is 3.38. The number of anilines is 1. The molecule has 27 heavy (non-hydrogen) atoms. The van der Waals surface area contributed by atoms with Crippen LogP contribution >= 0.6 is 0 Å². The number of nitro benzene ring substituents is 1. The number of nitro groups is 1. The van der Waals surface area contributed by atoms with E-state index in [0.717, 1.165) is 0 Å². The molecule has 0 unspecified atom stereocenters. The number of rotatable bonds is 7. The van der Waals surface area contributed by atoms with Crippen molar-refractivity contribution in [1.82, 2.24) is 0 Å². The number of hydrogen-bond donors (Lipinski definition) is 1. The topological polar surface area (TPSA) is 132 Å². The van der Waals surface area contributed by atoms with Crippen LogP contribution in [0.4, 0.5) is 11.4 Å². The summed E-state index contributed by atoms with van der Waals surface area (Å²) >= 11 is 0. The zero-order valence-corrected chi connectivity index (χ0v) is 14.2. The molecule has 9 heteroatoms. The molecule has 0 bridgehead atoms. The van der Waals surface area contributed by atoms with Crippen molar-refractivity contribution in [3.8, 4) is 11.8 Å². The molecule has 1 N–H and O–H groups in total. The summed E-state index contributed by atoms with van der Waals surface area (Å²) in [4.78, 5) is 34.2. The summed E-state index contributed by atoms with van der Waals surface area (Å²) in [5.41, 5.74) is 0.183. The van der Waals surface area contributed by atoms with E-state index in [2.05, 4.69) is 5.32 Å². The Labute approximate surface area is 154 Å². The predicted octanol–water partition coefficient (Wildman–Crippen LogP) is 2.42. The van der Waals surface area contributed by atoms with Crippen molar-refractivity contribution in [2.75, 3.05) is 11.9 Å². The summed E-state index contributed by atoms with van der Waals surface area (Å²) in [5, 5.41) is 22.0. The van der Waals surface area contributed by atoms with Crippen LogP contribution in [0.2, 0.25) is 0 Å². The molecule has 0 spiro atoms. The van der Waals surface area contributed by atoms with Gasteiger partial charge in [0.15, 0.2) is 12.7 Å². The highest BCUT2D eigenvalue weighted by Gasteiger charge is 2.21. The number of para-hydroxylation sites is 2. The van der Waals surface area contributed by atoms with Gasteiger partial charge in [0.1, 0.15) is 11.4 Å². The van der Waals surface area contributed by atoms with E-state index in [1.54, 1.807) is 0 Å². The van der Waals surface area contributed by atoms with Crippen molar-refractivity contribution in [3.05, 3.63) is 64.2 Å². The van der Waals surface area contributed by atoms with E-state index in [1.807, 2.05) is 6.07 Å². The standard InChI is InChI=1S/C18H15N3O6/c1-12(18(23)20-15-4-2-3-5-16(15)21(24)25)27-17(22)11-26-14-8-6-13(10-19)7-9-14/h2-9,12H,11H2,1H3,(H,20,23)/t12-/m1/s1. The average molecular weight is 369 g/mol. The SMILES string of the molecule is C[C@@H](OC(=O)COc1ccc(C#N)cc1)C(=O)Nc1ccccc1[N+](=O)[O-]. The summed E-state index contributed by atoms with van der Waals surface area (Å²) in [7, 11) is 0. The Morgan fingerprint density at radius 2 is 1.89 bits per heavy atom. The first-order valence-corrected chi connectivity index (χ1v) is 7.77. The van der Waals surface area contributed by atoms with Crippen molar-refractivity contribution in [2.24, 2.45) is 0 Å². The van der Waals surface area contributed by atoms with E-state index in [-0.39, 0.29) is 11.4 Å². The van der Waals surface area contributed by atoms with Crippen molar-refractivity contribution in [2.45, 2.75) is 13.0 Å². The van der Waals surface area contributed by atoms with Crippen molar-refractivity contribution in [3.63, 3.8) is 0 Å². The highest BCUT2D eigenvalue weighted by atomic mass is 16.6. The molecule has 9 nitrogen and oxygen atoms in total. The number of ether oxygens (including phenoxy) is 2. The van der Waals surface area contributed by atoms with Gasteiger partial charge in [-0.15, -0.1) is 0 Å². The van der Waals surface area contributed by atoms with Crippen molar-refractivity contribution < 1.29 is 24.0 Å². The fraction of sp³-hybridized carbons (Fsp3) is 0.167. The van der Waals surface area contributed by atoms with E-state index in [4.69, 9.17) is 14.7 Å². The molecular weight excluding hydrogens is 354 g/mol. The highest BCUT2D eigenvalue weighted by Crippen LogP contribution is 2.23. The first kappa shape index (κ1) is 19.4. The Balaban J connectivity index is 1.87. The Kier molecular flexibility index (Phi) is 6.44. The molecular formula is C18H15N3O6. The number of benzene rings is 2. The quantitative estimate of drug-likeness (QED) is 0.450. The molecule has 0 saturated carbocycles. The van der Waals surface area contributed by atoms with Gasteiger partial charge in [0.25, 0.3) is 11.6 Å². The molecule has 2 rings (SSSR count). The number of carbonyl (C=O) groups excluding carboxylic acids is 2. The van der Waals surface area contributed by atoms with Gasteiger partial charge < -0.3 is 14.8 Å². The Morgan fingerprint density at radius 1 is 1.22 bits per heavy atom. The largest absolute Gasteiger partial charge is 0.482 e. The zero-order chi connectivity index (χ0) is 19.8. The number of nitrogens with zero attached hydrogens (tertiary/aromatic N) is 2. The van der Waals surface area contributed by atoms with Gasteiger partial charge in [-0.1, -0.05) is 12.1 Å². The molecule has 138 valence electrons. The molecule has 0 radical (unpaired) electrons. The number of nitrogens with one attached hydrogen (secondary N) is 1. The molecule has 1 amide bonds. The zero-order valence-electron chi connectivity index (χ0n) is 14.2. The summed E-state index contributed by atoms with van der Waals surface area (Å²) in [6.07, 6.45) is -1.18. The van der Waals surface area contributed by atoms with Gasteiger partial charge in [0.2, 0.25) is 0 Å². The minimum atomic E-state index is -1.18.